The number of carbonyl (C=O) groups is 9. The number of carbonyl (C=O) groups excluding carboxylic acids is 8. The SMILES string of the molecule is C=CC(=O)Cl.C=CC(=O)Cl.C=CC(=O)Cl.C=CC(=O)NCCN(C)C.C=CC(=O)NCCN(C)C.C=CC(=O)NCCN(C)C.C=CC(=O)NCC[N+](C)(C)CCCCS(=O)(=O)[O-].C=CC(=O)NCC[N+](C)(C)CCCS(=O)(=O)[O-].CN(C)CCN.CN(C)CCN.CN(C)CCN.O=C(O)CBr.O=S1(=O)CCCCO1.O=S1(=O)CCCO1. The van der Waals surface area contributed by atoms with E-state index in [9.17, 15) is 85.9 Å². The van der Waals surface area contributed by atoms with Gasteiger partial charge in [0.2, 0.25) is 45.3 Å². The number of rotatable bonds is 39. The first-order valence-electron chi connectivity index (χ1n) is 36.1. The molecule has 46 heteroatoms. The lowest BCUT2D eigenvalue weighted by atomic mass is 10.3. The van der Waals surface area contributed by atoms with E-state index < -0.39 is 62.2 Å². The number of carboxylic acid groups (broad SMARTS) is 1. The number of allylic oxidation sites excluding steroid dienone is 3. The number of unbranched alkanes of at least 4 members (excludes halogenated alkanes) is 1. The fourth-order valence-electron chi connectivity index (χ4n) is 6.12. The number of aliphatic carboxylic acids is 1. The average molecular weight is 1900 g/mol. The molecule has 0 radical (unpaired) electrons. The fourth-order valence-corrected chi connectivity index (χ4v) is 9.17. The van der Waals surface area contributed by atoms with Gasteiger partial charge in [-0.1, -0.05) is 68.6 Å². The predicted octanol–water partition coefficient (Wildman–Crippen LogP) is 0.204. The van der Waals surface area contributed by atoms with Crippen molar-refractivity contribution in [1.29, 1.82) is 0 Å². The maximum absolute atomic E-state index is 10.9. The molecule has 0 saturated carbocycles. The van der Waals surface area contributed by atoms with Crippen molar-refractivity contribution in [2.75, 3.05) is 272 Å². The number of likely N-dealkylation sites (N-methyl/N-ethyl adjacent to an activating group) is 8. The van der Waals surface area contributed by atoms with Gasteiger partial charge in [-0.25, -0.2) is 16.8 Å². The van der Waals surface area contributed by atoms with Crippen molar-refractivity contribution in [2.24, 2.45) is 17.2 Å². The summed E-state index contributed by atoms with van der Waals surface area (Å²) in [6, 6.07) is 0. The van der Waals surface area contributed by atoms with Gasteiger partial charge in [0.05, 0.1) is 112 Å². The maximum atomic E-state index is 10.9. The van der Waals surface area contributed by atoms with Crippen molar-refractivity contribution in [3.63, 3.8) is 0 Å². The summed E-state index contributed by atoms with van der Waals surface area (Å²) in [5, 5.41) is 19.5. The van der Waals surface area contributed by atoms with E-state index in [-0.39, 0.29) is 57.9 Å². The minimum atomic E-state index is -4.13. The second-order valence-electron chi connectivity index (χ2n) is 26.3. The van der Waals surface area contributed by atoms with Crippen LogP contribution in [0.25, 0.3) is 0 Å². The van der Waals surface area contributed by atoms with Crippen molar-refractivity contribution in [2.45, 2.75) is 38.5 Å². The number of carboxylic acids is 1. The summed E-state index contributed by atoms with van der Waals surface area (Å²) in [4.78, 5) is 103. The molecule has 12 N–H and O–H groups in total. The van der Waals surface area contributed by atoms with Gasteiger partial charge < -0.3 is 96.4 Å². The first-order valence-corrected chi connectivity index (χ1v) is 44.7. The Hall–Kier alpha value is -5.70. The van der Waals surface area contributed by atoms with E-state index in [4.69, 9.17) is 57.1 Å². The van der Waals surface area contributed by atoms with E-state index >= 15 is 0 Å². The molecule has 0 spiro atoms. The molecule has 38 nitrogen and oxygen atoms in total. The number of hydrogen-bond donors (Lipinski definition) is 9. The van der Waals surface area contributed by atoms with E-state index in [1.807, 2.05) is 127 Å². The van der Waals surface area contributed by atoms with Crippen LogP contribution in [0.15, 0.2) is 101 Å². The predicted molar refractivity (Wildman–Crippen MR) is 479 cm³/mol. The third-order valence-corrected chi connectivity index (χ3v) is 17.4. The molecule has 0 aromatic carbocycles. The minimum absolute atomic E-state index is 0.0347. The molecule has 0 aliphatic carbocycles. The molecule has 2 fully saturated rings. The Labute approximate surface area is 731 Å². The number of nitrogens with one attached hydrogen (secondary N) is 5. The second-order valence-corrected chi connectivity index (χ2v) is 34.5. The number of hydrogen-bond acceptors (Lipinski definition) is 30. The molecule has 2 aliphatic heterocycles. The third-order valence-electron chi connectivity index (χ3n) is 12.3. The van der Waals surface area contributed by atoms with Crippen LogP contribution in [0.2, 0.25) is 0 Å². The van der Waals surface area contributed by atoms with Gasteiger partial charge in [-0.2, -0.15) is 16.8 Å². The van der Waals surface area contributed by atoms with Crippen LogP contribution in [0.1, 0.15) is 38.5 Å². The summed E-state index contributed by atoms with van der Waals surface area (Å²) in [6.07, 6.45) is 13.0. The van der Waals surface area contributed by atoms with Crippen molar-refractivity contribution in [3.8, 4) is 0 Å². The lowest BCUT2D eigenvalue weighted by Crippen LogP contribution is -2.46. The Bertz CT molecular complexity index is 3020. The van der Waals surface area contributed by atoms with Crippen molar-refractivity contribution < 1.29 is 108 Å². The standard InChI is InChI=1S/C11H22N2O4S.C10H20N2O4S.3C7H14N2O.3C4H12N2.C4H8O3S.3C3H3ClO.C3H6O3S.C2H3BrO2/c1-4-11(14)12-7-9-13(2,3)8-5-6-10-18(15,16)17;1-4-10(13)11-6-8-12(2,3)7-5-9-17(14,15)16;3*1-4-7(10)8-5-6-9(2)3;3*1-6(2)4-3-5;5-8(6)4-2-1-3-7-8;3*1-2-3(4)5;4-7(5)3-1-2-6-7;3-1-2(4)5/h4H,1,5-10H2,2-3H3,(H-,12,14,15,16,17);4H,1,5-9H2,2-3H3,(H-,11,13,14,15,16);3*4H,1,5-6H2,2-3H3,(H,8,10);3*3-5H2,1-2H3;1-4H2;3*2H,1H2;1-3H2;1H2,(H,4,5). The largest absolute Gasteiger partial charge is 0.748 e. The Morgan fingerprint density at radius 2 is 0.636 bits per heavy atom. The molecule has 0 bridgehead atoms. The van der Waals surface area contributed by atoms with Crippen molar-refractivity contribution in [3.05, 3.63) is 101 Å². The molecule has 0 aromatic rings. The van der Waals surface area contributed by atoms with Crippen LogP contribution in [0.3, 0.4) is 0 Å². The summed E-state index contributed by atoms with van der Waals surface area (Å²) in [5.74, 6) is -1.83. The first kappa shape index (κ1) is 138. The molecule has 118 heavy (non-hydrogen) atoms. The molecule has 5 amide bonds. The molecule has 0 unspecified atom stereocenters. The Morgan fingerprint density at radius 1 is 0.415 bits per heavy atom. The van der Waals surface area contributed by atoms with Gasteiger partial charge in [-0.05, 0) is 200 Å². The molecule has 698 valence electrons. The summed E-state index contributed by atoms with van der Waals surface area (Å²) >= 11 is 16.8. The highest BCUT2D eigenvalue weighted by Crippen LogP contribution is 2.07. The van der Waals surface area contributed by atoms with Crippen LogP contribution in [0.5, 0.6) is 0 Å². The highest BCUT2D eigenvalue weighted by atomic mass is 79.9. The zero-order valence-electron chi connectivity index (χ0n) is 72.7. The average Bonchev–Trinajstić information content (AvgIpc) is 1.63. The minimum Gasteiger partial charge on any atom is -0.748 e. The van der Waals surface area contributed by atoms with Gasteiger partial charge >= 0.3 is 5.97 Å². The van der Waals surface area contributed by atoms with Gasteiger partial charge in [0.25, 0.3) is 20.2 Å². The summed E-state index contributed by atoms with van der Waals surface area (Å²) in [6.45, 7) is 40.3. The normalized spacial score (nSPS) is 12.2. The second kappa shape index (κ2) is 92.0. The van der Waals surface area contributed by atoms with Gasteiger partial charge in [0.15, 0.2) is 0 Å². The molecule has 2 heterocycles. The monoisotopic (exact) mass is 1900 g/mol. The van der Waals surface area contributed by atoms with Crippen LogP contribution in [0.4, 0.5) is 0 Å². The maximum Gasteiger partial charge on any atom is 0.314 e. The van der Waals surface area contributed by atoms with Crippen LogP contribution < -0.4 is 43.8 Å². The number of halogens is 4. The topological polar surface area (TPSA) is 533 Å². The van der Waals surface area contributed by atoms with Gasteiger partial charge in [-0.15, -0.1) is 0 Å². The molecular formula is C72H146BrCl3N16O22S4. The van der Waals surface area contributed by atoms with Gasteiger partial charge in [-0.3, -0.25) is 51.5 Å². The Morgan fingerprint density at radius 3 is 0.788 bits per heavy atom. The van der Waals surface area contributed by atoms with Crippen molar-refractivity contribution >= 4 is 142 Å². The van der Waals surface area contributed by atoms with E-state index in [1.165, 1.54) is 30.4 Å². The number of quaternary nitrogens is 2. The zero-order chi connectivity index (χ0) is 95.2. The lowest BCUT2D eigenvalue weighted by Gasteiger charge is -2.30. The van der Waals surface area contributed by atoms with E-state index in [1.54, 1.807) is 0 Å². The quantitative estimate of drug-likeness (QED) is 0.00755. The van der Waals surface area contributed by atoms with Crippen LogP contribution in [-0.4, -0.2) is 410 Å². The van der Waals surface area contributed by atoms with Gasteiger partial charge in [0.1, 0.15) is 5.33 Å². The summed E-state index contributed by atoms with van der Waals surface area (Å²) in [7, 11) is 17.2. The van der Waals surface area contributed by atoms with Crippen LogP contribution in [-0.2, 0) is 92.0 Å². The van der Waals surface area contributed by atoms with Crippen LogP contribution >= 0.6 is 50.7 Å². The third kappa shape index (κ3) is 165. The van der Waals surface area contributed by atoms with Gasteiger partial charge in [0, 0.05) is 96.5 Å². The van der Waals surface area contributed by atoms with Crippen LogP contribution in [0, 0.1) is 0 Å². The van der Waals surface area contributed by atoms with Crippen molar-refractivity contribution in [1.82, 2.24) is 56.0 Å². The Balaban J connectivity index is -0.000000105. The molecule has 2 saturated heterocycles. The number of alkyl halides is 1. The highest BCUT2D eigenvalue weighted by molar-refractivity contribution is 9.09. The molecule has 2 aliphatic rings. The number of nitrogens with two attached hydrogens (primary N) is 3. The van der Waals surface area contributed by atoms with E-state index in [2.05, 4.69) is 118 Å². The summed E-state index contributed by atoms with van der Waals surface area (Å²) in [5.41, 5.74) is 15.6. The van der Waals surface area contributed by atoms with E-state index in [0.29, 0.717) is 93.7 Å². The molecule has 0 atom stereocenters. The summed E-state index contributed by atoms with van der Waals surface area (Å²) < 4.78 is 114. The first-order chi connectivity index (χ1) is 54.1. The molecular weight excluding hydrogens is 1760 g/mol. The Kier molecular flexibility index (Phi) is 108. The molecule has 0 aromatic heterocycles. The number of amides is 5. The molecule has 2 rings (SSSR count). The smallest absolute Gasteiger partial charge is 0.314 e. The highest BCUT2D eigenvalue weighted by Gasteiger charge is 2.18. The van der Waals surface area contributed by atoms with E-state index in [0.717, 1.165) is 103 Å². The fraction of sp³-hybridized carbons (Fsp3) is 0.653. The number of nitrogens with zero attached hydrogens (tertiary/aromatic N) is 8. The zero-order valence-corrected chi connectivity index (χ0v) is 79.8. The lowest BCUT2D eigenvalue weighted by molar-refractivity contribution is -0.889.